The number of hydrogen-bond donors (Lipinski definition) is 0. The number of pyridine rings is 1. The van der Waals surface area contributed by atoms with Crippen LogP contribution in [0.4, 0.5) is 13.2 Å². The predicted octanol–water partition coefficient (Wildman–Crippen LogP) is 3.48. The first-order chi connectivity index (χ1) is 8.58. The lowest BCUT2D eigenvalue weighted by Gasteiger charge is -2.24. The monoisotopic (exact) mass is 257 g/mol. The maximum Gasteiger partial charge on any atom is 0.253 e. The fourth-order valence-electron chi connectivity index (χ4n) is 1.95. The van der Waals surface area contributed by atoms with Crippen LogP contribution < -0.4 is 4.74 Å². The Morgan fingerprint density at radius 2 is 1.94 bits per heavy atom. The predicted molar refractivity (Wildman–Crippen MR) is 60.6 cm³/mol. The van der Waals surface area contributed by atoms with E-state index in [1.165, 1.54) is 0 Å². The third-order valence-electron chi connectivity index (χ3n) is 3.21. The summed E-state index contributed by atoms with van der Waals surface area (Å²) in [6.45, 7) is 2.33. The average molecular weight is 257 g/mol. The zero-order valence-corrected chi connectivity index (χ0v) is 10.00. The second-order valence-electron chi connectivity index (χ2n) is 4.54. The fraction of sp³-hybridized carbons (Fsp3) is 0.462. The van der Waals surface area contributed by atoms with E-state index in [9.17, 15) is 13.2 Å². The van der Waals surface area contributed by atoms with Gasteiger partial charge in [0.1, 0.15) is 0 Å². The standard InChI is InChI=1S/C13H14F3NO/c1-8-4-2-3-5-9(8)7-18-13-11(15)6-10(14)12(16)17-13/h2-3,6,8-9H,4-5,7H2,1H3. The van der Waals surface area contributed by atoms with Crippen molar-refractivity contribution < 1.29 is 17.9 Å². The van der Waals surface area contributed by atoms with Crippen molar-refractivity contribution in [3.05, 3.63) is 35.8 Å². The van der Waals surface area contributed by atoms with Crippen molar-refractivity contribution in [2.45, 2.75) is 19.8 Å². The Morgan fingerprint density at radius 3 is 2.67 bits per heavy atom. The van der Waals surface area contributed by atoms with Gasteiger partial charge in [-0.25, -0.2) is 8.78 Å². The van der Waals surface area contributed by atoms with E-state index < -0.39 is 23.5 Å². The van der Waals surface area contributed by atoms with E-state index >= 15 is 0 Å². The molecule has 1 aromatic rings. The molecule has 0 aliphatic heterocycles. The van der Waals surface area contributed by atoms with Gasteiger partial charge in [-0.2, -0.15) is 9.37 Å². The molecule has 98 valence electrons. The van der Waals surface area contributed by atoms with Crippen LogP contribution in [-0.2, 0) is 0 Å². The van der Waals surface area contributed by atoms with Gasteiger partial charge in [0.15, 0.2) is 11.6 Å². The summed E-state index contributed by atoms with van der Waals surface area (Å²) in [5.41, 5.74) is 0. The van der Waals surface area contributed by atoms with Crippen LogP contribution in [0.25, 0.3) is 0 Å². The van der Waals surface area contributed by atoms with E-state index in [4.69, 9.17) is 4.74 Å². The van der Waals surface area contributed by atoms with E-state index in [2.05, 4.69) is 18.0 Å². The molecule has 0 saturated heterocycles. The SMILES string of the molecule is CC1CC=CCC1COc1nc(F)c(F)cc1F. The molecule has 2 nitrogen and oxygen atoms in total. The molecule has 2 rings (SSSR count). The molecule has 18 heavy (non-hydrogen) atoms. The second-order valence-corrected chi connectivity index (χ2v) is 4.54. The minimum atomic E-state index is -1.34. The van der Waals surface area contributed by atoms with Gasteiger partial charge in [0.25, 0.3) is 11.8 Å². The average Bonchev–Trinajstić information content (AvgIpc) is 2.34. The lowest BCUT2D eigenvalue weighted by molar-refractivity contribution is 0.183. The highest BCUT2D eigenvalue weighted by molar-refractivity contribution is 5.15. The molecule has 2 atom stereocenters. The van der Waals surface area contributed by atoms with Crippen molar-refractivity contribution in [2.24, 2.45) is 11.8 Å². The summed E-state index contributed by atoms with van der Waals surface area (Å²) < 4.78 is 44.0. The summed E-state index contributed by atoms with van der Waals surface area (Å²) in [5, 5.41) is 0. The Hall–Kier alpha value is -1.52. The van der Waals surface area contributed by atoms with E-state index in [0.29, 0.717) is 12.0 Å². The summed E-state index contributed by atoms with van der Waals surface area (Å²) in [5.74, 6) is -3.45. The van der Waals surface area contributed by atoms with E-state index in [1.54, 1.807) is 0 Å². The molecule has 0 fully saturated rings. The van der Waals surface area contributed by atoms with Crippen molar-refractivity contribution in [3.63, 3.8) is 0 Å². The molecular formula is C13H14F3NO. The van der Waals surface area contributed by atoms with Crippen LogP contribution in [0.15, 0.2) is 18.2 Å². The smallest absolute Gasteiger partial charge is 0.253 e. The maximum absolute atomic E-state index is 13.3. The van der Waals surface area contributed by atoms with Gasteiger partial charge in [-0.15, -0.1) is 0 Å². The maximum atomic E-state index is 13.3. The normalized spacial score (nSPS) is 23.1. The van der Waals surface area contributed by atoms with Crippen molar-refractivity contribution in [2.75, 3.05) is 6.61 Å². The summed E-state index contributed by atoms with van der Waals surface area (Å²) in [6, 6.07) is 0.446. The lowest BCUT2D eigenvalue weighted by atomic mass is 9.85. The van der Waals surface area contributed by atoms with Crippen molar-refractivity contribution >= 4 is 0 Å². The van der Waals surface area contributed by atoms with Crippen molar-refractivity contribution in [1.82, 2.24) is 4.98 Å². The molecule has 1 heterocycles. The van der Waals surface area contributed by atoms with Crippen molar-refractivity contribution in [1.29, 1.82) is 0 Å². The van der Waals surface area contributed by atoms with Gasteiger partial charge in [0.05, 0.1) is 6.61 Å². The minimum Gasteiger partial charge on any atom is -0.475 e. The molecule has 0 saturated carbocycles. The largest absolute Gasteiger partial charge is 0.475 e. The van der Waals surface area contributed by atoms with Gasteiger partial charge < -0.3 is 4.74 Å². The molecule has 0 N–H and O–H groups in total. The molecule has 1 aromatic heterocycles. The quantitative estimate of drug-likeness (QED) is 0.611. The zero-order valence-electron chi connectivity index (χ0n) is 10.00. The lowest BCUT2D eigenvalue weighted by Crippen LogP contribution is -2.21. The van der Waals surface area contributed by atoms with Gasteiger partial charge in [-0.1, -0.05) is 19.1 Å². The highest BCUT2D eigenvalue weighted by Gasteiger charge is 2.20. The van der Waals surface area contributed by atoms with Crippen LogP contribution >= 0.6 is 0 Å². The molecule has 2 unspecified atom stereocenters. The van der Waals surface area contributed by atoms with Gasteiger partial charge in [0.2, 0.25) is 0 Å². The summed E-state index contributed by atoms with van der Waals surface area (Å²) in [6.07, 6.45) is 5.93. The number of nitrogens with zero attached hydrogens (tertiary/aromatic N) is 1. The van der Waals surface area contributed by atoms with Gasteiger partial charge in [-0.3, -0.25) is 0 Å². The van der Waals surface area contributed by atoms with Crippen LogP contribution in [0.1, 0.15) is 19.8 Å². The first kappa shape index (κ1) is 12.9. The minimum absolute atomic E-state index is 0.240. The first-order valence-corrected chi connectivity index (χ1v) is 5.87. The Morgan fingerprint density at radius 1 is 1.22 bits per heavy atom. The van der Waals surface area contributed by atoms with E-state index in [1.807, 2.05) is 6.08 Å². The summed E-state index contributed by atoms with van der Waals surface area (Å²) in [7, 11) is 0. The number of hydrogen-bond acceptors (Lipinski definition) is 2. The molecule has 0 amide bonds. The Balaban J connectivity index is 2.02. The first-order valence-electron chi connectivity index (χ1n) is 5.87. The van der Waals surface area contributed by atoms with Crippen LogP contribution in [0, 0.1) is 29.4 Å². The number of ether oxygens (including phenoxy) is 1. The zero-order chi connectivity index (χ0) is 13.1. The third-order valence-corrected chi connectivity index (χ3v) is 3.21. The van der Waals surface area contributed by atoms with E-state index in [0.717, 1.165) is 12.8 Å². The topological polar surface area (TPSA) is 22.1 Å². The molecule has 1 aliphatic carbocycles. The molecule has 0 radical (unpaired) electrons. The summed E-state index contributed by atoms with van der Waals surface area (Å²) >= 11 is 0. The molecule has 1 aliphatic rings. The van der Waals surface area contributed by atoms with Crippen LogP contribution in [0.3, 0.4) is 0 Å². The fourth-order valence-corrected chi connectivity index (χ4v) is 1.95. The van der Waals surface area contributed by atoms with Gasteiger partial charge in [-0.05, 0) is 24.7 Å². The number of halogens is 3. The molecule has 0 aromatic carbocycles. The van der Waals surface area contributed by atoms with Gasteiger partial charge in [0, 0.05) is 6.07 Å². The number of allylic oxidation sites excluding steroid dienone is 2. The van der Waals surface area contributed by atoms with E-state index in [-0.39, 0.29) is 12.5 Å². The van der Waals surface area contributed by atoms with Gasteiger partial charge >= 0.3 is 0 Å². The second kappa shape index (κ2) is 5.42. The molecule has 0 spiro atoms. The number of aromatic nitrogens is 1. The highest BCUT2D eigenvalue weighted by atomic mass is 19.2. The van der Waals surface area contributed by atoms with Crippen LogP contribution in [0.2, 0.25) is 0 Å². The Bertz CT molecular complexity index is 462. The highest BCUT2D eigenvalue weighted by Crippen LogP contribution is 2.26. The summed E-state index contributed by atoms with van der Waals surface area (Å²) in [4.78, 5) is 3.12. The van der Waals surface area contributed by atoms with Crippen molar-refractivity contribution in [3.8, 4) is 5.88 Å². The molecular weight excluding hydrogens is 243 g/mol. The van der Waals surface area contributed by atoms with Crippen LogP contribution in [-0.4, -0.2) is 11.6 Å². The molecule has 0 bridgehead atoms. The van der Waals surface area contributed by atoms with Crippen LogP contribution in [0.5, 0.6) is 5.88 Å². The third kappa shape index (κ3) is 2.83. The molecule has 5 heteroatoms. The Labute approximate surface area is 103 Å². The number of rotatable bonds is 3. The Kier molecular flexibility index (Phi) is 3.89.